The second kappa shape index (κ2) is 5.56. The van der Waals surface area contributed by atoms with Gasteiger partial charge in [0, 0.05) is 43.7 Å². The third-order valence-corrected chi connectivity index (χ3v) is 5.54. The standard InChI is InChI=1S/C16H29NO3/c1-4-19-14-9-13(15(14,2)3)17-12-5-7-20-16(10-12)6-8-18-11-16/h12-14,17H,4-11H2,1-3H3. The van der Waals surface area contributed by atoms with Crippen molar-refractivity contribution in [1.29, 1.82) is 0 Å². The van der Waals surface area contributed by atoms with E-state index in [1.165, 1.54) is 0 Å². The topological polar surface area (TPSA) is 39.7 Å². The molecule has 1 N–H and O–H groups in total. The highest BCUT2D eigenvalue weighted by atomic mass is 16.6. The van der Waals surface area contributed by atoms with Crippen LogP contribution in [0.15, 0.2) is 0 Å². The summed E-state index contributed by atoms with van der Waals surface area (Å²) < 4.78 is 17.4. The van der Waals surface area contributed by atoms with E-state index in [0.717, 1.165) is 52.1 Å². The van der Waals surface area contributed by atoms with Crippen LogP contribution in [0, 0.1) is 5.41 Å². The van der Waals surface area contributed by atoms with Gasteiger partial charge in [-0.15, -0.1) is 0 Å². The summed E-state index contributed by atoms with van der Waals surface area (Å²) >= 11 is 0. The van der Waals surface area contributed by atoms with Crippen LogP contribution >= 0.6 is 0 Å². The molecule has 0 bridgehead atoms. The van der Waals surface area contributed by atoms with E-state index >= 15 is 0 Å². The molecule has 20 heavy (non-hydrogen) atoms. The summed E-state index contributed by atoms with van der Waals surface area (Å²) in [6, 6.07) is 1.14. The Morgan fingerprint density at radius 1 is 1.30 bits per heavy atom. The van der Waals surface area contributed by atoms with Gasteiger partial charge < -0.3 is 19.5 Å². The van der Waals surface area contributed by atoms with E-state index in [9.17, 15) is 0 Å². The number of hydrogen-bond acceptors (Lipinski definition) is 4. The number of rotatable bonds is 4. The lowest BCUT2D eigenvalue weighted by Crippen LogP contribution is -2.64. The van der Waals surface area contributed by atoms with E-state index in [0.29, 0.717) is 18.2 Å². The maximum absolute atomic E-state index is 6.01. The third kappa shape index (κ3) is 2.63. The molecule has 0 amide bonds. The maximum Gasteiger partial charge on any atom is 0.0951 e. The Labute approximate surface area is 122 Å². The molecule has 1 spiro atoms. The maximum atomic E-state index is 6.01. The van der Waals surface area contributed by atoms with Gasteiger partial charge in [0.1, 0.15) is 0 Å². The highest BCUT2D eigenvalue weighted by Crippen LogP contribution is 2.44. The van der Waals surface area contributed by atoms with Crippen LogP contribution in [0.1, 0.15) is 46.5 Å². The number of nitrogens with one attached hydrogen (secondary N) is 1. The average molecular weight is 283 g/mol. The zero-order valence-electron chi connectivity index (χ0n) is 13.1. The molecule has 0 aromatic heterocycles. The smallest absolute Gasteiger partial charge is 0.0951 e. The highest BCUT2D eigenvalue weighted by Gasteiger charge is 2.50. The van der Waals surface area contributed by atoms with Crippen LogP contribution < -0.4 is 5.32 Å². The summed E-state index contributed by atoms with van der Waals surface area (Å²) in [5.41, 5.74) is 0.247. The van der Waals surface area contributed by atoms with Crippen LogP contribution in [0.25, 0.3) is 0 Å². The molecule has 1 saturated carbocycles. The van der Waals surface area contributed by atoms with Gasteiger partial charge in [0.15, 0.2) is 0 Å². The van der Waals surface area contributed by atoms with Crippen LogP contribution in [0.5, 0.6) is 0 Å². The molecule has 3 fully saturated rings. The number of hydrogen-bond donors (Lipinski definition) is 1. The Kier molecular flexibility index (Phi) is 4.10. The van der Waals surface area contributed by atoms with Gasteiger partial charge in [0.2, 0.25) is 0 Å². The Balaban J connectivity index is 1.53. The Morgan fingerprint density at radius 3 is 2.80 bits per heavy atom. The molecule has 2 aliphatic heterocycles. The molecule has 4 nitrogen and oxygen atoms in total. The lowest BCUT2D eigenvalue weighted by Gasteiger charge is -2.53. The van der Waals surface area contributed by atoms with E-state index in [1.54, 1.807) is 0 Å². The van der Waals surface area contributed by atoms with Crippen molar-refractivity contribution in [1.82, 2.24) is 5.32 Å². The van der Waals surface area contributed by atoms with Gasteiger partial charge in [-0.3, -0.25) is 0 Å². The fourth-order valence-electron chi connectivity index (χ4n) is 3.97. The van der Waals surface area contributed by atoms with Gasteiger partial charge >= 0.3 is 0 Å². The van der Waals surface area contributed by atoms with Gasteiger partial charge in [0.05, 0.1) is 18.3 Å². The summed E-state index contributed by atoms with van der Waals surface area (Å²) in [6.07, 6.45) is 4.82. The monoisotopic (exact) mass is 283 g/mol. The second-order valence-corrected chi connectivity index (χ2v) is 7.24. The zero-order valence-corrected chi connectivity index (χ0v) is 13.1. The second-order valence-electron chi connectivity index (χ2n) is 7.24. The molecule has 2 heterocycles. The minimum Gasteiger partial charge on any atom is -0.378 e. The largest absolute Gasteiger partial charge is 0.378 e. The van der Waals surface area contributed by atoms with Gasteiger partial charge in [-0.05, 0) is 26.2 Å². The zero-order chi connectivity index (χ0) is 14.2. The minimum absolute atomic E-state index is 0.00310. The van der Waals surface area contributed by atoms with Crippen LogP contribution in [0.3, 0.4) is 0 Å². The fourth-order valence-corrected chi connectivity index (χ4v) is 3.97. The van der Waals surface area contributed by atoms with Crippen LogP contribution in [-0.4, -0.2) is 50.2 Å². The predicted octanol–water partition coefficient (Wildman–Crippen LogP) is 2.12. The van der Waals surface area contributed by atoms with Crippen LogP contribution in [0.2, 0.25) is 0 Å². The van der Waals surface area contributed by atoms with Crippen molar-refractivity contribution < 1.29 is 14.2 Å². The normalized spacial score (nSPS) is 43.6. The Bertz CT molecular complexity index is 339. The summed E-state index contributed by atoms with van der Waals surface area (Å²) in [7, 11) is 0. The SMILES string of the molecule is CCOC1CC(NC2CCOC3(CCOC3)C2)C1(C)C. The first kappa shape index (κ1) is 14.8. The van der Waals surface area contributed by atoms with E-state index in [1.807, 2.05) is 0 Å². The van der Waals surface area contributed by atoms with Crippen molar-refractivity contribution in [2.75, 3.05) is 26.4 Å². The van der Waals surface area contributed by atoms with Gasteiger partial charge in [-0.2, -0.15) is 0 Å². The van der Waals surface area contributed by atoms with Gasteiger partial charge in [-0.25, -0.2) is 0 Å². The minimum atomic E-state index is 0.00310. The lowest BCUT2D eigenvalue weighted by molar-refractivity contribution is -0.129. The van der Waals surface area contributed by atoms with Crippen molar-refractivity contribution in [2.24, 2.45) is 5.41 Å². The first-order valence-corrected chi connectivity index (χ1v) is 8.15. The summed E-state index contributed by atoms with van der Waals surface area (Å²) in [5.74, 6) is 0. The molecular weight excluding hydrogens is 254 g/mol. The molecule has 4 unspecified atom stereocenters. The fraction of sp³-hybridized carbons (Fsp3) is 1.00. The van der Waals surface area contributed by atoms with Crippen molar-refractivity contribution in [2.45, 2.75) is 70.2 Å². The lowest BCUT2D eigenvalue weighted by atomic mass is 9.64. The van der Waals surface area contributed by atoms with Crippen LogP contribution in [-0.2, 0) is 14.2 Å². The molecule has 4 heteroatoms. The molecule has 3 rings (SSSR count). The Hall–Kier alpha value is -0.160. The van der Waals surface area contributed by atoms with E-state index in [2.05, 4.69) is 26.1 Å². The van der Waals surface area contributed by atoms with Crippen molar-refractivity contribution in [3.63, 3.8) is 0 Å². The van der Waals surface area contributed by atoms with Crippen molar-refractivity contribution in [3.8, 4) is 0 Å². The van der Waals surface area contributed by atoms with E-state index in [4.69, 9.17) is 14.2 Å². The van der Waals surface area contributed by atoms with Crippen LogP contribution in [0.4, 0.5) is 0 Å². The average Bonchev–Trinajstić information content (AvgIpc) is 2.86. The first-order valence-electron chi connectivity index (χ1n) is 8.15. The summed E-state index contributed by atoms with van der Waals surface area (Å²) in [4.78, 5) is 0. The predicted molar refractivity (Wildman–Crippen MR) is 77.9 cm³/mol. The quantitative estimate of drug-likeness (QED) is 0.858. The molecule has 0 aromatic carbocycles. The molecule has 2 saturated heterocycles. The molecule has 116 valence electrons. The van der Waals surface area contributed by atoms with Gasteiger partial charge in [-0.1, -0.05) is 13.8 Å². The third-order valence-electron chi connectivity index (χ3n) is 5.54. The molecule has 4 atom stereocenters. The summed E-state index contributed by atoms with van der Waals surface area (Å²) in [5, 5.41) is 3.87. The number of ether oxygens (including phenoxy) is 3. The molecule has 1 aliphatic carbocycles. The van der Waals surface area contributed by atoms with Crippen molar-refractivity contribution >= 4 is 0 Å². The highest BCUT2D eigenvalue weighted by molar-refractivity contribution is 5.05. The van der Waals surface area contributed by atoms with Crippen molar-refractivity contribution in [3.05, 3.63) is 0 Å². The molecule has 3 aliphatic rings. The van der Waals surface area contributed by atoms with Gasteiger partial charge in [0.25, 0.3) is 0 Å². The summed E-state index contributed by atoms with van der Waals surface area (Å²) in [6.45, 7) is 10.0. The Morgan fingerprint density at radius 2 is 2.15 bits per heavy atom. The van der Waals surface area contributed by atoms with E-state index < -0.39 is 0 Å². The first-order chi connectivity index (χ1) is 9.56. The molecule has 0 radical (unpaired) electrons. The molecular formula is C16H29NO3. The van der Waals surface area contributed by atoms with E-state index in [-0.39, 0.29) is 11.0 Å². The molecule has 0 aromatic rings.